The fourth-order valence-electron chi connectivity index (χ4n) is 1.37. The summed E-state index contributed by atoms with van der Waals surface area (Å²) in [5.74, 6) is 0.856. The summed E-state index contributed by atoms with van der Waals surface area (Å²) in [6.07, 6.45) is 3.07. The van der Waals surface area contributed by atoms with Crippen molar-refractivity contribution in [3.05, 3.63) is 23.7 Å². The number of rotatable bonds is 3. The SMILES string of the molecule is Cc1cc(C(O)CCC(C)(C)C)co1. The zero-order valence-corrected chi connectivity index (χ0v) is 9.50. The lowest BCUT2D eigenvalue weighted by Gasteiger charge is -2.19. The first-order chi connectivity index (χ1) is 6.38. The van der Waals surface area contributed by atoms with Crippen LogP contribution in [0.25, 0.3) is 0 Å². The van der Waals surface area contributed by atoms with E-state index in [1.807, 2.05) is 13.0 Å². The van der Waals surface area contributed by atoms with E-state index in [4.69, 9.17) is 4.42 Å². The van der Waals surface area contributed by atoms with E-state index >= 15 is 0 Å². The maximum absolute atomic E-state index is 9.84. The number of hydrogen-bond donors (Lipinski definition) is 1. The van der Waals surface area contributed by atoms with Gasteiger partial charge in [-0.3, -0.25) is 0 Å². The number of hydrogen-bond acceptors (Lipinski definition) is 2. The van der Waals surface area contributed by atoms with Gasteiger partial charge in [-0.25, -0.2) is 0 Å². The molecule has 1 aromatic rings. The van der Waals surface area contributed by atoms with Crippen LogP contribution in [0, 0.1) is 12.3 Å². The molecule has 1 unspecified atom stereocenters. The van der Waals surface area contributed by atoms with Crippen molar-refractivity contribution in [3.8, 4) is 0 Å². The summed E-state index contributed by atoms with van der Waals surface area (Å²) < 4.78 is 5.16. The molecule has 0 aliphatic rings. The third-order valence-electron chi connectivity index (χ3n) is 2.30. The van der Waals surface area contributed by atoms with Gasteiger partial charge in [0, 0.05) is 5.56 Å². The minimum Gasteiger partial charge on any atom is -0.469 e. The number of furan rings is 1. The molecule has 1 N–H and O–H groups in total. The fourth-order valence-corrected chi connectivity index (χ4v) is 1.37. The highest BCUT2D eigenvalue weighted by atomic mass is 16.3. The molecular formula is C12H20O2. The Morgan fingerprint density at radius 3 is 2.50 bits per heavy atom. The molecule has 0 radical (unpaired) electrons. The molecule has 0 bridgehead atoms. The Kier molecular flexibility index (Phi) is 3.38. The van der Waals surface area contributed by atoms with Crippen LogP contribution in [0.1, 0.15) is 51.0 Å². The summed E-state index contributed by atoms with van der Waals surface area (Å²) in [6.45, 7) is 8.43. The molecular weight excluding hydrogens is 176 g/mol. The van der Waals surface area contributed by atoms with Crippen molar-refractivity contribution in [2.24, 2.45) is 5.41 Å². The van der Waals surface area contributed by atoms with Crippen molar-refractivity contribution in [3.63, 3.8) is 0 Å². The molecule has 0 spiro atoms. The van der Waals surface area contributed by atoms with Gasteiger partial charge in [0.25, 0.3) is 0 Å². The third kappa shape index (κ3) is 3.54. The van der Waals surface area contributed by atoms with Crippen LogP contribution in [0.2, 0.25) is 0 Å². The second-order valence-corrected chi connectivity index (χ2v) is 5.11. The Labute approximate surface area is 85.9 Å². The normalized spacial score (nSPS) is 14.4. The highest BCUT2D eigenvalue weighted by Gasteiger charge is 2.15. The first-order valence-electron chi connectivity index (χ1n) is 5.11. The summed E-state index contributed by atoms with van der Waals surface area (Å²) in [5.41, 5.74) is 1.17. The van der Waals surface area contributed by atoms with Gasteiger partial charge in [-0.2, -0.15) is 0 Å². The molecule has 1 heterocycles. The van der Waals surface area contributed by atoms with E-state index in [2.05, 4.69) is 20.8 Å². The van der Waals surface area contributed by atoms with E-state index in [0.29, 0.717) is 0 Å². The van der Waals surface area contributed by atoms with Crippen LogP contribution < -0.4 is 0 Å². The molecule has 0 aromatic carbocycles. The molecule has 2 heteroatoms. The van der Waals surface area contributed by atoms with Crippen molar-refractivity contribution in [2.75, 3.05) is 0 Å². The first kappa shape index (κ1) is 11.3. The van der Waals surface area contributed by atoms with E-state index in [0.717, 1.165) is 24.2 Å². The van der Waals surface area contributed by atoms with Crippen molar-refractivity contribution >= 4 is 0 Å². The predicted molar refractivity (Wildman–Crippen MR) is 57.1 cm³/mol. The number of aliphatic hydroxyl groups is 1. The highest BCUT2D eigenvalue weighted by molar-refractivity contribution is 5.14. The molecule has 0 saturated carbocycles. The quantitative estimate of drug-likeness (QED) is 0.803. The molecule has 0 saturated heterocycles. The van der Waals surface area contributed by atoms with Crippen LogP contribution in [0.4, 0.5) is 0 Å². The average molecular weight is 196 g/mol. The maximum atomic E-state index is 9.84. The monoisotopic (exact) mass is 196 g/mol. The van der Waals surface area contributed by atoms with Gasteiger partial charge in [0.1, 0.15) is 5.76 Å². The van der Waals surface area contributed by atoms with E-state index in [9.17, 15) is 5.11 Å². The lowest BCUT2D eigenvalue weighted by atomic mass is 9.88. The van der Waals surface area contributed by atoms with Gasteiger partial charge in [0.15, 0.2) is 0 Å². The minimum absolute atomic E-state index is 0.278. The second kappa shape index (κ2) is 4.18. The lowest BCUT2D eigenvalue weighted by Crippen LogP contribution is -2.07. The zero-order chi connectivity index (χ0) is 10.8. The van der Waals surface area contributed by atoms with Gasteiger partial charge < -0.3 is 9.52 Å². The first-order valence-corrected chi connectivity index (χ1v) is 5.11. The van der Waals surface area contributed by atoms with Crippen molar-refractivity contribution in [1.82, 2.24) is 0 Å². The molecule has 0 aliphatic carbocycles. The highest BCUT2D eigenvalue weighted by Crippen LogP contribution is 2.27. The van der Waals surface area contributed by atoms with Gasteiger partial charge in [0.2, 0.25) is 0 Å². The second-order valence-electron chi connectivity index (χ2n) is 5.11. The van der Waals surface area contributed by atoms with Crippen molar-refractivity contribution < 1.29 is 9.52 Å². The van der Waals surface area contributed by atoms with Crippen molar-refractivity contribution in [2.45, 2.75) is 46.6 Å². The van der Waals surface area contributed by atoms with Crippen LogP contribution in [0.15, 0.2) is 16.7 Å². The molecule has 1 aromatic heterocycles. The van der Waals surface area contributed by atoms with E-state index in [1.165, 1.54) is 0 Å². The number of aliphatic hydroxyl groups excluding tert-OH is 1. The Bertz CT molecular complexity index is 281. The molecule has 0 fully saturated rings. The van der Waals surface area contributed by atoms with E-state index in [-0.39, 0.29) is 11.5 Å². The van der Waals surface area contributed by atoms with E-state index < -0.39 is 0 Å². The molecule has 80 valence electrons. The van der Waals surface area contributed by atoms with Crippen LogP contribution in [0.3, 0.4) is 0 Å². The Morgan fingerprint density at radius 1 is 1.43 bits per heavy atom. The van der Waals surface area contributed by atoms with Gasteiger partial charge >= 0.3 is 0 Å². The molecule has 0 aliphatic heterocycles. The third-order valence-corrected chi connectivity index (χ3v) is 2.30. The Hall–Kier alpha value is -0.760. The van der Waals surface area contributed by atoms with Crippen LogP contribution >= 0.6 is 0 Å². The van der Waals surface area contributed by atoms with E-state index in [1.54, 1.807) is 6.26 Å². The largest absolute Gasteiger partial charge is 0.469 e. The fraction of sp³-hybridized carbons (Fsp3) is 0.667. The van der Waals surface area contributed by atoms with Crippen LogP contribution in [-0.4, -0.2) is 5.11 Å². The van der Waals surface area contributed by atoms with Gasteiger partial charge in [-0.15, -0.1) is 0 Å². The molecule has 1 atom stereocenters. The maximum Gasteiger partial charge on any atom is 0.101 e. The van der Waals surface area contributed by atoms with Gasteiger partial charge in [0.05, 0.1) is 12.4 Å². The summed E-state index contributed by atoms with van der Waals surface area (Å²) >= 11 is 0. The predicted octanol–water partition coefficient (Wildman–Crippen LogP) is 3.45. The smallest absolute Gasteiger partial charge is 0.101 e. The minimum atomic E-state index is -0.383. The Balaban J connectivity index is 2.47. The van der Waals surface area contributed by atoms with Gasteiger partial charge in [-0.1, -0.05) is 20.8 Å². The number of aryl methyl sites for hydroxylation is 1. The molecule has 14 heavy (non-hydrogen) atoms. The van der Waals surface area contributed by atoms with Crippen LogP contribution in [-0.2, 0) is 0 Å². The Morgan fingerprint density at radius 2 is 2.07 bits per heavy atom. The van der Waals surface area contributed by atoms with Crippen molar-refractivity contribution in [1.29, 1.82) is 0 Å². The molecule has 2 nitrogen and oxygen atoms in total. The molecule has 1 rings (SSSR count). The summed E-state index contributed by atoms with van der Waals surface area (Å²) in [6, 6.07) is 1.90. The topological polar surface area (TPSA) is 33.4 Å². The zero-order valence-electron chi connectivity index (χ0n) is 9.50. The summed E-state index contributed by atoms with van der Waals surface area (Å²) in [5, 5.41) is 9.84. The lowest BCUT2D eigenvalue weighted by molar-refractivity contribution is 0.147. The van der Waals surface area contributed by atoms with Gasteiger partial charge in [-0.05, 0) is 31.2 Å². The standard InChI is InChI=1S/C12H20O2/c1-9-7-10(8-14-9)11(13)5-6-12(2,3)4/h7-8,11,13H,5-6H2,1-4H3. The van der Waals surface area contributed by atoms with Crippen LogP contribution in [0.5, 0.6) is 0 Å². The molecule has 0 amide bonds. The average Bonchev–Trinajstić information content (AvgIpc) is 2.46. The summed E-state index contributed by atoms with van der Waals surface area (Å²) in [7, 11) is 0. The summed E-state index contributed by atoms with van der Waals surface area (Å²) in [4.78, 5) is 0.